The van der Waals surface area contributed by atoms with E-state index in [1.54, 1.807) is 37.2 Å². The normalized spacial score (nSPS) is 24.3. The zero-order chi connectivity index (χ0) is 16.6. The number of hydrogen-bond donors (Lipinski definition) is 1. The number of benzene rings is 1. The first kappa shape index (κ1) is 15.6. The second kappa shape index (κ2) is 6.08. The number of carbonyl (C=O) groups is 2. The van der Waals surface area contributed by atoms with Gasteiger partial charge in [0.25, 0.3) is 0 Å². The molecular weight excluding hydrogens is 298 g/mol. The monoisotopic (exact) mass is 319 g/mol. The molecule has 2 N–H and O–H groups in total. The average Bonchev–Trinajstić information content (AvgIpc) is 2.83. The minimum Gasteiger partial charge on any atom is -0.491 e. The van der Waals surface area contributed by atoms with Gasteiger partial charge in [0.05, 0.1) is 11.7 Å². The predicted octanol–water partition coefficient (Wildman–Crippen LogP) is 0.369. The lowest BCUT2D eigenvalue weighted by Gasteiger charge is -2.21. The zero-order valence-corrected chi connectivity index (χ0v) is 13.3. The number of carbonyl (C=O) groups excluding carboxylic acids is 2. The number of likely N-dealkylation sites (tertiary alicyclic amines) is 1. The molecule has 1 aromatic rings. The van der Waals surface area contributed by atoms with Crippen LogP contribution in [-0.2, 0) is 9.59 Å². The number of anilines is 1. The van der Waals surface area contributed by atoms with Gasteiger partial charge in [0.1, 0.15) is 30.8 Å². The fourth-order valence-electron chi connectivity index (χ4n) is 2.84. The van der Waals surface area contributed by atoms with Gasteiger partial charge in [0.2, 0.25) is 11.8 Å². The molecule has 0 bridgehead atoms. The lowest BCUT2D eigenvalue weighted by Crippen LogP contribution is -2.43. The van der Waals surface area contributed by atoms with Crippen molar-refractivity contribution in [2.75, 3.05) is 32.2 Å². The summed E-state index contributed by atoms with van der Waals surface area (Å²) >= 11 is 0. The Labute approximate surface area is 134 Å². The van der Waals surface area contributed by atoms with Crippen molar-refractivity contribution in [3.05, 3.63) is 18.2 Å². The van der Waals surface area contributed by atoms with Gasteiger partial charge >= 0.3 is 0 Å². The number of hydrogen-bond acceptors (Lipinski definition) is 5. The van der Waals surface area contributed by atoms with Crippen LogP contribution in [0.15, 0.2) is 18.2 Å². The predicted molar refractivity (Wildman–Crippen MR) is 84.6 cm³/mol. The molecule has 0 spiro atoms. The molecule has 3 rings (SSSR count). The average molecular weight is 319 g/mol. The van der Waals surface area contributed by atoms with E-state index in [1.165, 1.54) is 4.90 Å². The first-order valence-electron chi connectivity index (χ1n) is 7.66. The van der Waals surface area contributed by atoms with Crippen molar-refractivity contribution < 1.29 is 19.1 Å². The van der Waals surface area contributed by atoms with Gasteiger partial charge in [-0.2, -0.15) is 0 Å². The Balaban J connectivity index is 1.73. The SMILES string of the molecule is CN1C(=O)[C@@H](N)COc2ccc(OCC3CCC(=O)N3C)cc21. The van der Waals surface area contributed by atoms with Gasteiger partial charge in [0.15, 0.2) is 0 Å². The molecule has 23 heavy (non-hydrogen) atoms. The van der Waals surface area contributed by atoms with E-state index in [-0.39, 0.29) is 24.5 Å². The van der Waals surface area contributed by atoms with E-state index < -0.39 is 6.04 Å². The number of fused-ring (bicyclic) bond motifs is 1. The van der Waals surface area contributed by atoms with Crippen molar-refractivity contribution in [3.63, 3.8) is 0 Å². The van der Waals surface area contributed by atoms with Crippen LogP contribution in [0.4, 0.5) is 5.69 Å². The van der Waals surface area contributed by atoms with Gasteiger partial charge in [0, 0.05) is 26.6 Å². The highest BCUT2D eigenvalue weighted by atomic mass is 16.5. The van der Waals surface area contributed by atoms with Crippen molar-refractivity contribution in [2.24, 2.45) is 5.73 Å². The Morgan fingerprint density at radius 2 is 2.13 bits per heavy atom. The third-order valence-corrected chi connectivity index (χ3v) is 4.43. The lowest BCUT2D eigenvalue weighted by molar-refractivity contribution is -0.128. The number of ether oxygens (including phenoxy) is 2. The molecule has 2 aliphatic heterocycles. The summed E-state index contributed by atoms with van der Waals surface area (Å²) in [5.41, 5.74) is 6.41. The Morgan fingerprint density at radius 3 is 2.83 bits per heavy atom. The van der Waals surface area contributed by atoms with E-state index in [1.807, 2.05) is 0 Å². The summed E-state index contributed by atoms with van der Waals surface area (Å²) in [5.74, 6) is 1.19. The van der Waals surface area contributed by atoms with Crippen LogP contribution >= 0.6 is 0 Å². The van der Waals surface area contributed by atoms with E-state index in [2.05, 4.69) is 0 Å². The van der Waals surface area contributed by atoms with Crippen LogP contribution in [0.5, 0.6) is 11.5 Å². The maximum atomic E-state index is 12.1. The molecule has 7 heteroatoms. The fourth-order valence-corrected chi connectivity index (χ4v) is 2.84. The Hall–Kier alpha value is -2.28. The van der Waals surface area contributed by atoms with E-state index >= 15 is 0 Å². The highest BCUT2D eigenvalue weighted by molar-refractivity contribution is 5.98. The van der Waals surface area contributed by atoms with E-state index in [0.717, 1.165) is 6.42 Å². The Kier molecular flexibility index (Phi) is 4.12. The summed E-state index contributed by atoms with van der Waals surface area (Å²) in [5, 5.41) is 0. The molecule has 1 unspecified atom stereocenters. The summed E-state index contributed by atoms with van der Waals surface area (Å²) in [6.45, 7) is 0.588. The lowest BCUT2D eigenvalue weighted by atomic mass is 10.2. The zero-order valence-electron chi connectivity index (χ0n) is 13.3. The van der Waals surface area contributed by atoms with Crippen molar-refractivity contribution in [1.82, 2.24) is 4.90 Å². The molecule has 1 fully saturated rings. The second-order valence-electron chi connectivity index (χ2n) is 5.95. The van der Waals surface area contributed by atoms with Crippen LogP contribution in [0.1, 0.15) is 12.8 Å². The van der Waals surface area contributed by atoms with Gasteiger partial charge in [-0.15, -0.1) is 0 Å². The quantitative estimate of drug-likeness (QED) is 0.870. The molecule has 0 radical (unpaired) electrons. The van der Waals surface area contributed by atoms with Crippen LogP contribution < -0.4 is 20.1 Å². The van der Waals surface area contributed by atoms with Crippen molar-refractivity contribution in [2.45, 2.75) is 24.9 Å². The summed E-state index contributed by atoms with van der Waals surface area (Å²) < 4.78 is 11.4. The Bertz CT molecular complexity index is 634. The van der Waals surface area contributed by atoms with Crippen LogP contribution in [0, 0.1) is 0 Å². The molecule has 2 heterocycles. The number of nitrogens with two attached hydrogens (primary N) is 1. The molecule has 2 atom stereocenters. The van der Waals surface area contributed by atoms with E-state index in [0.29, 0.717) is 30.2 Å². The first-order valence-corrected chi connectivity index (χ1v) is 7.66. The summed E-state index contributed by atoms with van der Waals surface area (Å²) in [7, 11) is 3.46. The molecule has 2 amide bonds. The van der Waals surface area contributed by atoms with Crippen LogP contribution in [0.25, 0.3) is 0 Å². The molecule has 0 aliphatic carbocycles. The van der Waals surface area contributed by atoms with Crippen LogP contribution in [-0.4, -0.2) is 56.1 Å². The topological polar surface area (TPSA) is 85.1 Å². The summed E-state index contributed by atoms with van der Waals surface area (Å²) in [6.07, 6.45) is 1.37. The molecule has 7 nitrogen and oxygen atoms in total. The van der Waals surface area contributed by atoms with Gasteiger partial charge in [-0.05, 0) is 18.6 Å². The molecule has 0 saturated carbocycles. The molecule has 1 aromatic carbocycles. The third-order valence-electron chi connectivity index (χ3n) is 4.43. The smallest absolute Gasteiger partial charge is 0.247 e. The van der Waals surface area contributed by atoms with Gasteiger partial charge in [-0.25, -0.2) is 0 Å². The molecule has 124 valence electrons. The second-order valence-corrected chi connectivity index (χ2v) is 5.95. The highest BCUT2D eigenvalue weighted by Crippen LogP contribution is 2.34. The van der Waals surface area contributed by atoms with Gasteiger partial charge < -0.3 is 25.0 Å². The van der Waals surface area contributed by atoms with E-state index in [9.17, 15) is 9.59 Å². The third kappa shape index (κ3) is 2.96. The van der Waals surface area contributed by atoms with Crippen molar-refractivity contribution in [3.8, 4) is 11.5 Å². The van der Waals surface area contributed by atoms with Gasteiger partial charge in [-0.1, -0.05) is 0 Å². The minimum atomic E-state index is -0.671. The molecular formula is C16H21N3O4. The van der Waals surface area contributed by atoms with Crippen molar-refractivity contribution in [1.29, 1.82) is 0 Å². The highest BCUT2D eigenvalue weighted by Gasteiger charge is 2.29. The van der Waals surface area contributed by atoms with Crippen LogP contribution in [0.3, 0.4) is 0 Å². The number of likely N-dealkylation sites (N-methyl/N-ethyl adjacent to an activating group) is 2. The Morgan fingerprint density at radius 1 is 1.35 bits per heavy atom. The first-order chi connectivity index (χ1) is 11.0. The molecule has 2 aliphatic rings. The largest absolute Gasteiger partial charge is 0.491 e. The summed E-state index contributed by atoms with van der Waals surface area (Å²) in [6, 6.07) is 4.75. The standard InChI is InChI=1S/C16H21N3O4/c1-18-10(3-6-15(18)20)8-22-11-4-5-14-13(7-11)19(2)16(21)12(17)9-23-14/h4-5,7,10,12H,3,6,8-9,17H2,1-2H3/t10?,12-/m0/s1. The van der Waals surface area contributed by atoms with Gasteiger partial charge in [-0.3, -0.25) is 9.59 Å². The number of amides is 2. The number of rotatable bonds is 3. The fraction of sp³-hybridized carbons (Fsp3) is 0.500. The number of nitrogens with zero attached hydrogens (tertiary/aromatic N) is 2. The van der Waals surface area contributed by atoms with Crippen molar-refractivity contribution >= 4 is 17.5 Å². The van der Waals surface area contributed by atoms with E-state index in [4.69, 9.17) is 15.2 Å². The minimum absolute atomic E-state index is 0.0883. The maximum Gasteiger partial charge on any atom is 0.247 e. The maximum absolute atomic E-state index is 12.1. The molecule has 1 saturated heterocycles. The summed E-state index contributed by atoms with van der Waals surface area (Å²) in [4.78, 5) is 26.8. The molecule has 0 aromatic heterocycles. The van der Waals surface area contributed by atoms with Crippen LogP contribution in [0.2, 0.25) is 0 Å².